The van der Waals surface area contributed by atoms with E-state index >= 15 is 0 Å². The van der Waals surface area contributed by atoms with E-state index < -0.39 is 10.1 Å². The summed E-state index contributed by atoms with van der Waals surface area (Å²) in [7, 11) is -3.90. The van der Waals surface area contributed by atoms with E-state index in [-0.39, 0.29) is 11.9 Å². The zero-order valence-corrected chi connectivity index (χ0v) is 9.04. The summed E-state index contributed by atoms with van der Waals surface area (Å²) in [6.45, 7) is 9.90. The quantitative estimate of drug-likeness (QED) is 0.543. The molecule has 0 bridgehead atoms. The summed E-state index contributed by atoms with van der Waals surface area (Å²) in [5, 5.41) is 3.10. The molecule has 0 aliphatic heterocycles. The summed E-state index contributed by atoms with van der Waals surface area (Å²) < 4.78 is 26.6. The molecule has 1 amide bonds. The average Bonchev–Trinajstić information content (AvgIpc) is 2.03. The van der Waals surface area contributed by atoms with Gasteiger partial charge in [0, 0.05) is 6.04 Å². The van der Waals surface area contributed by atoms with Crippen molar-refractivity contribution < 1.29 is 17.8 Å². The fourth-order valence-corrected chi connectivity index (χ4v) is 0.343. The predicted octanol–water partition coefficient (Wildman–Crippen LogP) is 0.715. The van der Waals surface area contributed by atoms with Gasteiger partial charge in [0.15, 0.2) is 0 Å². The van der Waals surface area contributed by atoms with Gasteiger partial charge in [-0.2, -0.15) is 8.42 Å². The van der Waals surface area contributed by atoms with Crippen LogP contribution in [-0.4, -0.2) is 24.9 Å². The third-order valence-electron chi connectivity index (χ3n) is 0.827. The van der Waals surface area contributed by atoms with Crippen LogP contribution in [0.25, 0.3) is 0 Å². The van der Waals surface area contributed by atoms with E-state index in [9.17, 15) is 13.2 Å². The molecule has 0 radical (unpaired) electrons. The molecule has 0 saturated heterocycles. The van der Waals surface area contributed by atoms with E-state index in [1.807, 2.05) is 13.8 Å². The Kier molecular flexibility index (Phi) is 7.98. The molecule has 14 heavy (non-hydrogen) atoms. The molecule has 0 aromatic heterocycles. The van der Waals surface area contributed by atoms with Crippen molar-refractivity contribution in [2.75, 3.05) is 0 Å². The molecule has 0 aliphatic carbocycles. The molecule has 0 saturated carbocycles. The number of hydrogen-bond donors (Lipinski definition) is 2. The number of carbonyl (C=O) groups is 1. The summed E-state index contributed by atoms with van der Waals surface area (Å²) in [5.41, 5.74) is 0. The third-order valence-corrected chi connectivity index (χ3v) is 1.25. The molecule has 82 valence electrons. The van der Waals surface area contributed by atoms with Crippen LogP contribution in [0.2, 0.25) is 0 Å². The topological polar surface area (TPSA) is 83.5 Å². The van der Waals surface area contributed by atoms with Crippen molar-refractivity contribution in [3.05, 3.63) is 24.6 Å². The monoisotopic (exact) mass is 221 g/mol. The number of nitrogens with one attached hydrogen (secondary N) is 1. The van der Waals surface area contributed by atoms with Crippen LogP contribution >= 0.6 is 0 Å². The lowest BCUT2D eigenvalue weighted by Gasteiger charge is -2.02. The van der Waals surface area contributed by atoms with Crippen LogP contribution in [0.3, 0.4) is 0 Å². The van der Waals surface area contributed by atoms with Gasteiger partial charge in [-0.3, -0.25) is 9.35 Å². The first-order chi connectivity index (χ1) is 6.22. The Labute approximate surface area is 84.3 Å². The van der Waals surface area contributed by atoms with Crippen molar-refractivity contribution in [2.24, 2.45) is 0 Å². The van der Waals surface area contributed by atoms with Crippen LogP contribution in [0.5, 0.6) is 0 Å². The molecule has 0 rings (SSSR count). The highest BCUT2D eigenvalue weighted by atomic mass is 32.2. The van der Waals surface area contributed by atoms with Gasteiger partial charge in [0.25, 0.3) is 10.1 Å². The van der Waals surface area contributed by atoms with Crippen molar-refractivity contribution in [1.29, 1.82) is 0 Å². The number of rotatable bonds is 3. The van der Waals surface area contributed by atoms with Crippen LogP contribution < -0.4 is 5.32 Å². The van der Waals surface area contributed by atoms with E-state index in [0.29, 0.717) is 5.41 Å². The van der Waals surface area contributed by atoms with E-state index in [4.69, 9.17) is 4.55 Å². The summed E-state index contributed by atoms with van der Waals surface area (Å²) >= 11 is 0. The SMILES string of the molecule is C=CC(=O)NC(C)C.C=CS(=O)(=O)O. The minimum atomic E-state index is -3.90. The minimum Gasteiger partial charge on any atom is -0.350 e. The molecule has 0 fully saturated rings. The summed E-state index contributed by atoms with van der Waals surface area (Å²) in [4.78, 5) is 10.4. The summed E-state index contributed by atoms with van der Waals surface area (Å²) in [5.74, 6) is -0.111. The molecule has 0 aliphatic rings. The van der Waals surface area contributed by atoms with Gasteiger partial charge in [-0.1, -0.05) is 13.2 Å². The van der Waals surface area contributed by atoms with Crippen molar-refractivity contribution >= 4 is 16.0 Å². The molecule has 2 N–H and O–H groups in total. The Morgan fingerprint density at radius 2 is 1.79 bits per heavy atom. The second kappa shape index (κ2) is 7.28. The van der Waals surface area contributed by atoms with Gasteiger partial charge in [0.2, 0.25) is 5.91 Å². The Morgan fingerprint density at radius 1 is 1.43 bits per heavy atom. The zero-order valence-electron chi connectivity index (χ0n) is 8.23. The second-order valence-corrected chi connectivity index (χ2v) is 3.91. The van der Waals surface area contributed by atoms with Gasteiger partial charge in [-0.15, -0.1) is 0 Å². The van der Waals surface area contributed by atoms with Crippen LogP contribution in [0.1, 0.15) is 13.8 Å². The highest BCUT2D eigenvalue weighted by Crippen LogP contribution is 1.76. The molecule has 0 aromatic rings. The molecule has 0 heterocycles. The Morgan fingerprint density at radius 3 is 1.86 bits per heavy atom. The first kappa shape index (κ1) is 15.3. The largest absolute Gasteiger partial charge is 0.350 e. The van der Waals surface area contributed by atoms with E-state index in [1.54, 1.807) is 0 Å². The molecule has 0 spiro atoms. The zero-order chi connectivity index (χ0) is 11.8. The minimum absolute atomic E-state index is 0.111. The van der Waals surface area contributed by atoms with E-state index in [1.165, 1.54) is 6.08 Å². The molecular formula is C8H15NO4S. The lowest BCUT2D eigenvalue weighted by Crippen LogP contribution is -2.27. The standard InChI is InChI=1S/C6H11NO.C2H4O3S/c1-4-6(8)7-5(2)3;1-2-6(3,4)5/h4-5H,1H2,2-3H3,(H,7,8);2H,1H2,(H,3,4,5). The maximum atomic E-state index is 10.4. The van der Waals surface area contributed by atoms with Gasteiger partial charge in [-0.05, 0) is 19.9 Å². The number of carbonyl (C=O) groups excluding carboxylic acids is 1. The molecule has 0 unspecified atom stereocenters. The third kappa shape index (κ3) is 17.1. The van der Waals surface area contributed by atoms with E-state index in [0.717, 1.165) is 0 Å². The van der Waals surface area contributed by atoms with Crippen molar-refractivity contribution in [3.63, 3.8) is 0 Å². The number of amides is 1. The molecule has 0 aromatic carbocycles. The van der Waals surface area contributed by atoms with Gasteiger partial charge in [0.05, 0.1) is 5.41 Å². The van der Waals surface area contributed by atoms with Crippen LogP contribution in [0.15, 0.2) is 24.6 Å². The smallest absolute Gasteiger partial charge is 0.287 e. The highest BCUT2D eigenvalue weighted by Gasteiger charge is 1.93. The lowest BCUT2D eigenvalue weighted by molar-refractivity contribution is -0.116. The number of hydrogen-bond acceptors (Lipinski definition) is 3. The summed E-state index contributed by atoms with van der Waals surface area (Å²) in [6, 6.07) is 0.209. The van der Waals surface area contributed by atoms with Gasteiger partial charge in [-0.25, -0.2) is 0 Å². The van der Waals surface area contributed by atoms with Gasteiger partial charge < -0.3 is 5.32 Å². The van der Waals surface area contributed by atoms with Crippen molar-refractivity contribution in [2.45, 2.75) is 19.9 Å². The van der Waals surface area contributed by atoms with Gasteiger partial charge >= 0.3 is 0 Å². The maximum absolute atomic E-state index is 10.4. The van der Waals surface area contributed by atoms with Gasteiger partial charge in [0.1, 0.15) is 0 Å². The average molecular weight is 221 g/mol. The Bertz CT molecular complexity index is 281. The highest BCUT2D eigenvalue weighted by molar-refractivity contribution is 7.88. The fourth-order valence-electron chi connectivity index (χ4n) is 0.343. The second-order valence-electron chi connectivity index (χ2n) is 2.55. The first-order valence-electron chi connectivity index (χ1n) is 3.75. The van der Waals surface area contributed by atoms with Crippen molar-refractivity contribution in [3.8, 4) is 0 Å². The lowest BCUT2D eigenvalue weighted by atomic mass is 10.4. The van der Waals surface area contributed by atoms with Crippen LogP contribution in [0.4, 0.5) is 0 Å². The Hall–Kier alpha value is -1.14. The van der Waals surface area contributed by atoms with Crippen LogP contribution in [-0.2, 0) is 14.9 Å². The normalized spacial score (nSPS) is 9.71. The molecule has 0 atom stereocenters. The van der Waals surface area contributed by atoms with Crippen molar-refractivity contribution in [1.82, 2.24) is 5.32 Å². The fraction of sp³-hybridized carbons (Fsp3) is 0.375. The van der Waals surface area contributed by atoms with Crippen LogP contribution in [0, 0.1) is 0 Å². The molecule has 6 heteroatoms. The maximum Gasteiger partial charge on any atom is 0.287 e. The predicted molar refractivity (Wildman–Crippen MR) is 55.2 cm³/mol. The first-order valence-corrected chi connectivity index (χ1v) is 5.26. The Balaban J connectivity index is 0. The molecule has 5 nitrogen and oxygen atoms in total. The molecular weight excluding hydrogens is 206 g/mol. The summed E-state index contributed by atoms with van der Waals surface area (Å²) in [6.07, 6.45) is 1.26. The van der Waals surface area contributed by atoms with E-state index in [2.05, 4.69) is 18.5 Å².